The van der Waals surface area contributed by atoms with E-state index in [9.17, 15) is 9.59 Å². The summed E-state index contributed by atoms with van der Waals surface area (Å²) in [5.74, 6) is 1.06. The maximum atomic E-state index is 12.9. The summed E-state index contributed by atoms with van der Waals surface area (Å²) in [6.07, 6.45) is 1.70. The largest absolute Gasteiger partial charge is 0.457 e. The first-order valence-electron chi connectivity index (χ1n) is 8.67. The number of anilines is 1. The minimum absolute atomic E-state index is 0.0266. The van der Waals surface area contributed by atoms with Gasteiger partial charge in [-0.25, -0.2) is 0 Å². The van der Waals surface area contributed by atoms with Crippen LogP contribution in [0.4, 0.5) is 5.69 Å². The van der Waals surface area contributed by atoms with Gasteiger partial charge in [-0.1, -0.05) is 52.0 Å². The smallest absolute Gasteiger partial charge is 0.270 e. The molecule has 4 nitrogen and oxygen atoms in total. The van der Waals surface area contributed by atoms with Gasteiger partial charge in [0.25, 0.3) is 5.91 Å². The average Bonchev–Trinajstić information content (AvgIpc) is 3.27. The van der Waals surface area contributed by atoms with Gasteiger partial charge in [0.15, 0.2) is 10.1 Å². The zero-order chi connectivity index (χ0) is 20.5. The molecule has 2 aromatic carbocycles. The standard InChI is InChI=1S/C22H14BrNO3S2/c1-13(25)14-4-8-17(9-5-14)24-21(26)20(29-22(24)28)12-18-10-11-19(27-18)15-2-6-16(23)7-3-15/h2-12H,1H3. The monoisotopic (exact) mass is 483 g/mol. The number of rotatable bonds is 4. The summed E-state index contributed by atoms with van der Waals surface area (Å²) in [6.45, 7) is 1.50. The Balaban J connectivity index is 1.58. The SMILES string of the molecule is CC(=O)c1ccc(N2C(=O)C(=Cc3ccc(-c4ccc(Br)cc4)o3)SC2=S)cc1. The van der Waals surface area contributed by atoms with Gasteiger partial charge in [-0.3, -0.25) is 14.5 Å². The molecule has 1 saturated heterocycles. The van der Waals surface area contributed by atoms with Crippen LogP contribution in [0.3, 0.4) is 0 Å². The minimum Gasteiger partial charge on any atom is -0.457 e. The number of ketones is 1. The number of carbonyl (C=O) groups is 2. The fourth-order valence-corrected chi connectivity index (χ4v) is 4.41. The molecule has 144 valence electrons. The molecule has 0 saturated carbocycles. The van der Waals surface area contributed by atoms with E-state index in [0.29, 0.717) is 26.2 Å². The number of nitrogens with zero attached hydrogens (tertiary/aromatic N) is 1. The van der Waals surface area contributed by atoms with E-state index in [1.165, 1.54) is 23.6 Å². The predicted molar refractivity (Wildman–Crippen MR) is 124 cm³/mol. The van der Waals surface area contributed by atoms with E-state index in [1.54, 1.807) is 30.3 Å². The fourth-order valence-electron chi connectivity index (χ4n) is 2.86. The van der Waals surface area contributed by atoms with Crippen LogP contribution in [-0.4, -0.2) is 16.0 Å². The summed E-state index contributed by atoms with van der Waals surface area (Å²) in [5.41, 5.74) is 2.17. The molecular formula is C22H14BrNO3S2. The Kier molecular flexibility index (Phi) is 5.54. The third-order valence-electron chi connectivity index (χ3n) is 4.35. The van der Waals surface area contributed by atoms with Crippen molar-refractivity contribution in [2.75, 3.05) is 4.90 Å². The minimum atomic E-state index is -0.211. The van der Waals surface area contributed by atoms with Crippen molar-refractivity contribution in [3.05, 3.63) is 81.4 Å². The molecule has 0 aliphatic carbocycles. The van der Waals surface area contributed by atoms with Gasteiger partial charge in [0.2, 0.25) is 0 Å². The van der Waals surface area contributed by atoms with Crippen molar-refractivity contribution in [3.8, 4) is 11.3 Å². The molecule has 1 fully saturated rings. The molecule has 3 aromatic rings. The van der Waals surface area contributed by atoms with Crippen LogP contribution in [0.15, 0.2) is 74.5 Å². The van der Waals surface area contributed by atoms with E-state index in [2.05, 4.69) is 15.9 Å². The lowest BCUT2D eigenvalue weighted by Gasteiger charge is -2.14. The lowest BCUT2D eigenvalue weighted by atomic mass is 10.1. The van der Waals surface area contributed by atoms with Gasteiger partial charge in [0.1, 0.15) is 11.5 Å². The molecule has 2 heterocycles. The summed E-state index contributed by atoms with van der Waals surface area (Å²) < 4.78 is 7.32. The van der Waals surface area contributed by atoms with Crippen molar-refractivity contribution in [3.63, 3.8) is 0 Å². The topological polar surface area (TPSA) is 50.5 Å². The van der Waals surface area contributed by atoms with Crippen molar-refractivity contribution in [2.45, 2.75) is 6.92 Å². The van der Waals surface area contributed by atoms with Crippen LogP contribution in [0.5, 0.6) is 0 Å². The van der Waals surface area contributed by atoms with Gasteiger partial charge in [-0.2, -0.15) is 0 Å². The third-order valence-corrected chi connectivity index (χ3v) is 6.19. The van der Waals surface area contributed by atoms with Crippen LogP contribution in [0, 0.1) is 0 Å². The van der Waals surface area contributed by atoms with E-state index in [4.69, 9.17) is 16.6 Å². The van der Waals surface area contributed by atoms with E-state index >= 15 is 0 Å². The van der Waals surface area contributed by atoms with Crippen molar-refractivity contribution in [1.29, 1.82) is 0 Å². The molecule has 0 bridgehead atoms. The summed E-state index contributed by atoms with van der Waals surface area (Å²) >= 11 is 10.0. The van der Waals surface area contributed by atoms with Crippen LogP contribution in [-0.2, 0) is 4.79 Å². The van der Waals surface area contributed by atoms with E-state index < -0.39 is 0 Å². The molecule has 1 aliphatic heterocycles. The van der Waals surface area contributed by atoms with E-state index in [-0.39, 0.29) is 11.7 Å². The molecule has 4 rings (SSSR count). The first-order chi connectivity index (χ1) is 13.9. The second-order valence-corrected chi connectivity index (χ2v) is 8.92. The average molecular weight is 484 g/mol. The maximum absolute atomic E-state index is 12.9. The number of furan rings is 1. The zero-order valence-corrected chi connectivity index (χ0v) is 18.4. The highest BCUT2D eigenvalue weighted by Gasteiger charge is 2.33. The second-order valence-electron chi connectivity index (χ2n) is 6.33. The molecule has 1 aliphatic rings. The molecule has 0 spiro atoms. The molecular weight excluding hydrogens is 470 g/mol. The molecule has 1 amide bonds. The van der Waals surface area contributed by atoms with Crippen LogP contribution in [0.25, 0.3) is 17.4 Å². The van der Waals surface area contributed by atoms with Gasteiger partial charge in [0.05, 0.1) is 10.6 Å². The molecule has 7 heteroatoms. The molecule has 0 atom stereocenters. The molecule has 0 N–H and O–H groups in total. The van der Waals surface area contributed by atoms with Crippen LogP contribution in [0.1, 0.15) is 23.0 Å². The molecule has 29 heavy (non-hydrogen) atoms. The molecule has 1 aromatic heterocycles. The summed E-state index contributed by atoms with van der Waals surface area (Å²) in [7, 11) is 0. The molecule has 0 unspecified atom stereocenters. The fraction of sp³-hybridized carbons (Fsp3) is 0.0455. The highest BCUT2D eigenvalue weighted by Crippen LogP contribution is 2.36. The lowest BCUT2D eigenvalue weighted by Crippen LogP contribution is -2.27. The number of thioether (sulfide) groups is 1. The van der Waals surface area contributed by atoms with Crippen molar-refractivity contribution >= 4 is 67.7 Å². The predicted octanol–water partition coefficient (Wildman–Crippen LogP) is 6.32. The number of Topliss-reactive ketones (excluding diaryl/α,β-unsaturated/α-hetero) is 1. The quantitative estimate of drug-likeness (QED) is 0.247. The number of carbonyl (C=O) groups excluding carboxylic acids is 2. The van der Waals surface area contributed by atoms with Gasteiger partial charge in [0, 0.05) is 21.7 Å². The first kappa shape index (κ1) is 19.8. The second kappa shape index (κ2) is 8.10. The summed E-state index contributed by atoms with van der Waals surface area (Å²) in [4.78, 5) is 26.3. The zero-order valence-electron chi connectivity index (χ0n) is 15.2. The maximum Gasteiger partial charge on any atom is 0.270 e. The Morgan fingerprint density at radius 1 is 1.07 bits per heavy atom. The Bertz CT molecular complexity index is 1150. The van der Waals surface area contributed by atoms with Crippen LogP contribution >= 0.6 is 39.9 Å². The van der Waals surface area contributed by atoms with Crippen molar-refractivity contribution in [1.82, 2.24) is 0 Å². The number of hydrogen-bond acceptors (Lipinski definition) is 5. The van der Waals surface area contributed by atoms with Crippen molar-refractivity contribution < 1.29 is 14.0 Å². The number of amides is 1. The third kappa shape index (κ3) is 4.12. The van der Waals surface area contributed by atoms with Gasteiger partial charge >= 0.3 is 0 Å². The van der Waals surface area contributed by atoms with E-state index in [0.717, 1.165) is 15.8 Å². The van der Waals surface area contributed by atoms with Gasteiger partial charge in [-0.15, -0.1) is 0 Å². The Morgan fingerprint density at radius 2 is 1.76 bits per heavy atom. The summed E-state index contributed by atoms with van der Waals surface area (Å²) in [6, 6.07) is 18.3. The number of benzene rings is 2. The van der Waals surface area contributed by atoms with Gasteiger partial charge in [-0.05, 0) is 55.5 Å². The first-order valence-corrected chi connectivity index (χ1v) is 10.7. The van der Waals surface area contributed by atoms with Crippen LogP contribution in [0.2, 0.25) is 0 Å². The number of hydrogen-bond donors (Lipinski definition) is 0. The van der Waals surface area contributed by atoms with Gasteiger partial charge < -0.3 is 4.42 Å². The number of thiocarbonyl (C=S) groups is 1. The van der Waals surface area contributed by atoms with Crippen LogP contribution < -0.4 is 4.90 Å². The summed E-state index contributed by atoms with van der Waals surface area (Å²) in [5, 5.41) is 0. The highest BCUT2D eigenvalue weighted by atomic mass is 79.9. The Morgan fingerprint density at radius 3 is 2.41 bits per heavy atom. The van der Waals surface area contributed by atoms with Crippen molar-refractivity contribution in [2.24, 2.45) is 0 Å². The molecule has 0 radical (unpaired) electrons. The van der Waals surface area contributed by atoms with E-state index in [1.807, 2.05) is 36.4 Å². The Labute approximate surface area is 185 Å². The Hall–Kier alpha value is -2.48. The lowest BCUT2D eigenvalue weighted by molar-refractivity contribution is -0.113. The highest BCUT2D eigenvalue weighted by molar-refractivity contribution is 9.10. The normalized spacial score (nSPS) is 15.4. The number of halogens is 1.